The number of halogens is 2. The number of carbonyl (C=O) groups excluding carboxylic acids is 1. The van der Waals surface area contributed by atoms with E-state index in [1.165, 1.54) is 11.8 Å². The molecule has 148 valence electrons. The third-order valence-corrected chi connectivity index (χ3v) is 4.91. The highest BCUT2D eigenvalue weighted by Crippen LogP contribution is 2.20. The number of para-hydroxylation sites is 1. The lowest BCUT2D eigenvalue weighted by Crippen LogP contribution is -2.46. The summed E-state index contributed by atoms with van der Waals surface area (Å²) in [7, 11) is 0. The van der Waals surface area contributed by atoms with Crippen LogP contribution in [0.4, 0.5) is 26.0 Å². The molecule has 0 unspecified atom stereocenters. The normalized spacial score (nSPS) is 14.0. The van der Waals surface area contributed by atoms with Crippen molar-refractivity contribution in [2.45, 2.75) is 0 Å². The van der Waals surface area contributed by atoms with Gasteiger partial charge in [-0.1, -0.05) is 18.2 Å². The van der Waals surface area contributed by atoms with Gasteiger partial charge < -0.3 is 15.1 Å². The molecule has 1 aliphatic rings. The highest BCUT2D eigenvalue weighted by atomic mass is 19.2. The predicted molar refractivity (Wildman–Crippen MR) is 109 cm³/mol. The van der Waals surface area contributed by atoms with E-state index in [0.717, 1.165) is 44.1 Å². The van der Waals surface area contributed by atoms with Crippen molar-refractivity contribution < 1.29 is 13.6 Å². The Morgan fingerprint density at radius 1 is 0.862 bits per heavy atom. The van der Waals surface area contributed by atoms with E-state index >= 15 is 0 Å². The Morgan fingerprint density at radius 2 is 1.59 bits per heavy atom. The molecule has 4 rings (SSSR count). The molecule has 3 aromatic rings. The molecule has 2 aromatic carbocycles. The molecule has 0 radical (unpaired) electrons. The van der Waals surface area contributed by atoms with Crippen molar-refractivity contribution in [3.8, 4) is 0 Å². The first-order chi connectivity index (χ1) is 14.1. The number of rotatable bonds is 4. The van der Waals surface area contributed by atoms with Crippen molar-refractivity contribution in [3.05, 3.63) is 84.1 Å². The van der Waals surface area contributed by atoms with E-state index in [4.69, 9.17) is 0 Å². The number of amides is 1. The van der Waals surface area contributed by atoms with Crippen LogP contribution in [0, 0.1) is 11.6 Å². The Bertz CT molecular complexity index is 1000. The summed E-state index contributed by atoms with van der Waals surface area (Å²) < 4.78 is 26.4. The summed E-state index contributed by atoms with van der Waals surface area (Å²) in [5, 5.41) is 2.58. The summed E-state index contributed by atoms with van der Waals surface area (Å²) in [6, 6.07) is 16.8. The lowest BCUT2D eigenvalue weighted by molar-refractivity contribution is 0.102. The molecule has 0 aliphatic carbocycles. The highest BCUT2D eigenvalue weighted by Gasteiger charge is 2.19. The summed E-state index contributed by atoms with van der Waals surface area (Å²) in [5.41, 5.74) is 1.80. The number of hydrogen-bond donors (Lipinski definition) is 1. The molecule has 1 aliphatic heterocycles. The van der Waals surface area contributed by atoms with Crippen LogP contribution in [0.25, 0.3) is 0 Å². The second-order valence-electron chi connectivity index (χ2n) is 6.80. The summed E-state index contributed by atoms with van der Waals surface area (Å²) in [4.78, 5) is 21.3. The number of nitrogens with one attached hydrogen (secondary N) is 1. The minimum atomic E-state index is -1.01. The Hall–Kier alpha value is -3.48. The van der Waals surface area contributed by atoms with Gasteiger partial charge in [0.05, 0.1) is 0 Å². The molecule has 0 spiro atoms. The van der Waals surface area contributed by atoms with Crippen LogP contribution in [0.5, 0.6) is 0 Å². The van der Waals surface area contributed by atoms with Crippen molar-refractivity contribution in [3.63, 3.8) is 0 Å². The third-order valence-electron chi connectivity index (χ3n) is 4.91. The van der Waals surface area contributed by atoms with E-state index < -0.39 is 17.5 Å². The van der Waals surface area contributed by atoms with E-state index in [9.17, 15) is 13.6 Å². The maximum atomic E-state index is 13.3. The van der Waals surface area contributed by atoms with Crippen LogP contribution in [-0.2, 0) is 0 Å². The van der Waals surface area contributed by atoms with Gasteiger partial charge in [-0.2, -0.15) is 0 Å². The molecular formula is C22H20F2N4O. The molecule has 7 heteroatoms. The van der Waals surface area contributed by atoms with E-state index in [1.54, 1.807) is 18.3 Å². The third kappa shape index (κ3) is 4.34. The Labute approximate surface area is 167 Å². The van der Waals surface area contributed by atoms with Gasteiger partial charge in [0.25, 0.3) is 5.91 Å². The first-order valence-electron chi connectivity index (χ1n) is 9.37. The van der Waals surface area contributed by atoms with Crippen molar-refractivity contribution >= 4 is 23.1 Å². The fraction of sp³-hybridized carbons (Fsp3) is 0.182. The molecule has 1 saturated heterocycles. The topological polar surface area (TPSA) is 48.5 Å². The van der Waals surface area contributed by atoms with Gasteiger partial charge in [0.2, 0.25) is 0 Å². The average Bonchev–Trinajstić information content (AvgIpc) is 2.77. The van der Waals surface area contributed by atoms with Gasteiger partial charge in [0.15, 0.2) is 11.6 Å². The highest BCUT2D eigenvalue weighted by molar-refractivity contribution is 6.04. The fourth-order valence-corrected chi connectivity index (χ4v) is 3.34. The quantitative estimate of drug-likeness (QED) is 0.728. The molecule has 5 nitrogen and oxygen atoms in total. The first kappa shape index (κ1) is 18.9. The molecular weight excluding hydrogens is 374 g/mol. The van der Waals surface area contributed by atoms with Gasteiger partial charge in [-0.3, -0.25) is 4.79 Å². The Balaban J connectivity index is 1.42. The van der Waals surface area contributed by atoms with Gasteiger partial charge in [0.1, 0.15) is 5.82 Å². The van der Waals surface area contributed by atoms with E-state index in [0.29, 0.717) is 5.56 Å². The second kappa shape index (κ2) is 8.26. The van der Waals surface area contributed by atoms with Gasteiger partial charge in [-0.15, -0.1) is 0 Å². The van der Waals surface area contributed by atoms with Gasteiger partial charge in [-0.05, 0) is 36.4 Å². The molecule has 1 N–H and O–H groups in total. The van der Waals surface area contributed by atoms with Gasteiger partial charge >= 0.3 is 0 Å². The number of piperazine rings is 1. The molecule has 2 heterocycles. The van der Waals surface area contributed by atoms with Crippen LogP contribution in [0.1, 0.15) is 10.4 Å². The summed E-state index contributed by atoms with van der Waals surface area (Å²) in [6.45, 7) is 3.29. The summed E-state index contributed by atoms with van der Waals surface area (Å²) in [6.07, 6.45) is 1.58. The zero-order valence-corrected chi connectivity index (χ0v) is 15.7. The largest absolute Gasteiger partial charge is 0.368 e. The van der Waals surface area contributed by atoms with Gasteiger partial charge in [-0.25, -0.2) is 13.8 Å². The lowest BCUT2D eigenvalue weighted by atomic mass is 10.2. The van der Waals surface area contributed by atoms with Crippen LogP contribution >= 0.6 is 0 Å². The monoisotopic (exact) mass is 394 g/mol. The zero-order chi connectivity index (χ0) is 20.2. The number of hydrogen-bond acceptors (Lipinski definition) is 4. The van der Waals surface area contributed by atoms with Crippen LogP contribution in [0.15, 0.2) is 66.9 Å². The van der Waals surface area contributed by atoms with E-state index in [2.05, 4.69) is 32.2 Å². The standard InChI is InChI=1S/C22H20F2N4O/c23-19-7-6-17(15-20(19)24)26-22(29)16-8-9-25-21(14-16)28-12-10-27(11-13-28)18-4-2-1-3-5-18/h1-9,14-15H,10-13H2,(H,26,29). The smallest absolute Gasteiger partial charge is 0.255 e. The molecule has 0 saturated carbocycles. The number of pyridine rings is 1. The summed E-state index contributed by atoms with van der Waals surface area (Å²) >= 11 is 0. The molecule has 1 aromatic heterocycles. The zero-order valence-electron chi connectivity index (χ0n) is 15.7. The Kier molecular flexibility index (Phi) is 5.37. The van der Waals surface area contributed by atoms with E-state index in [1.807, 2.05) is 18.2 Å². The number of nitrogens with zero attached hydrogens (tertiary/aromatic N) is 3. The minimum Gasteiger partial charge on any atom is -0.368 e. The van der Waals surface area contributed by atoms with Crippen LogP contribution in [0.3, 0.4) is 0 Å². The van der Waals surface area contributed by atoms with Crippen molar-refractivity contribution in [1.29, 1.82) is 0 Å². The minimum absolute atomic E-state index is 0.198. The van der Waals surface area contributed by atoms with Gasteiger partial charge in [0, 0.05) is 55.4 Å². The molecule has 1 fully saturated rings. The maximum Gasteiger partial charge on any atom is 0.255 e. The number of benzene rings is 2. The number of carbonyl (C=O) groups is 1. The maximum absolute atomic E-state index is 13.3. The fourth-order valence-electron chi connectivity index (χ4n) is 3.34. The molecule has 0 bridgehead atoms. The predicted octanol–water partition coefficient (Wildman–Crippen LogP) is 3.94. The molecule has 1 amide bonds. The van der Waals surface area contributed by atoms with Crippen LogP contribution in [-0.4, -0.2) is 37.1 Å². The second-order valence-corrected chi connectivity index (χ2v) is 6.80. The van der Waals surface area contributed by atoms with Crippen molar-refractivity contribution in [1.82, 2.24) is 4.98 Å². The molecule has 0 atom stereocenters. The average molecular weight is 394 g/mol. The van der Waals surface area contributed by atoms with Crippen LogP contribution in [0.2, 0.25) is 0 Å². The SMILES string of the molecule is O=C(Nc1ccc(F)c(F)c1)c1ccnc(N2CCN(c3ccccc3)CC2)c1. The van der Waals surface area contributed by atoms with Crippen molar-refractivity contribution in [2.24, 2.45) is 0 Å². The summed E-state index contributed by atoms with van der Waals surface area (Å²) in [5.74, 6) is -1.64. The van der Waals surface area contributed by atoms with Crippen molar-refractivity contribution in [2.75, 3.05) is 41.3 Å². The first-order valence-corrected chi connectivity index (χ1v) is 9.37. The lowest BCUT2D eigenvalue weighted by Gasteiger charge is -2.36. The Morgan fingerprint density at radius 3 is 2.31 bits per heavy atom. The number of aromatic nitrogens is 1. The van der Waals surface area contributed by atoms with E-state index in [-0.39, 0.29) is 5.69 Å². The van der Waals surface area contributed by atoms with Crippen LogP contribution < -0.4 is 15.1 Å². The molecule has 29 heavy (non-hydrogen) atoms. The number of anilines is 3.